The minimum absolute atomic E-state index is 0.204. The van der Waals surface area contributed by atoms with Crippen molar-refractivity contribution in [2.75, 3.05) is 16.8 Å². The van der Waals surface area contributed by atoms with E-state index in [0.717, 1.165) is 17.1 Å². The molecule has 2 amide bonds. The molecule has 2 N–H and O–H groups in total. The summed E-state index contributed by atoms with van der Waals surface area (Å²) in [6.45, 7) is 0.482. The van der Waals surface area contributed by atoms with Crippen LogP contribution in [0.1, 0.15) is 5.56 Å². The van der Waals surface area contributed by atoms with Crippen LogP contribution >= 0.6 is 11.8 Å². The van der Waals surface area contributed by atoms with E-state index in [9.17, 15) is 9.59 Å². The van der Waals surface area contributed by atoms with Gasteiger partial charge in [-0.15, -0.1) is 0 Å². The predicted molar refractivity (Wildman–Crippen MR) is 89.5 cm³/mol. The van der Waals surface area contributed by atoms with Gasteiger partial charge in [0.25, 0.3) is 5.56 Å². The lowest BCUT2D eigenvalue weighted by atomic mass is 10.2. The van der Waals surface area contributed by atoms with Gasteiger partial charge in [0, 0.05) is 23.7 Å². The first-order chi connectivity index (χ1) is 10.7. The number of hydrogen-bond acceptors (Lipinski definition) is 3. The number of carbonyl (C=O) groups is 1. The number of nitrogens with zero attached hydrogens (tertiary/aromatic N) is 1. The van der Waals surface area contributed by atoms with Gasteiger partial charge in [0.2, 0.25) is 0 Å². The molecule has 1 aliphatic rings. The first-order valence-corrected chi connectivity index (χ1v) is 8.26. The Morgan fingerprint density at radius 1 is 1.18 bits per heavy atom. The second-order valence-corrected chi connectivity index (χ2v) is 6.25. The van der Waals surface area contributed by atoms with Crippen molar-refractivity contribution in [1.29, 1.82) is 0 Å². The lowest BCUT2D eigenvalue weighted by molar-refractivity contribution is 0.250. The molecule has 1 aromatic carbocycles. The van der Waals surface area contributed by atoms with E-state index >= 15 is 0 Å². The Kier molecular flexibility index (Phi) is 4.48. The quantitative estimate of drug-likeness (QED) is 0.908. The van der Waals surface area contributed by atoms with Crippen molar-refractivity contribution in [1.82, 2.24) is 9.88 Å². The van der Waals surface area contributed by atoms with Crippen molar-refractivity contribution in [2.24, 2.45) is 0 Å². The summed E-state index contributed by atoms with van der Waals surface area (Å²) in [6, 6.07) is 13.0. The molecule has 5 nitrogen and oxygen atoms in total. The zero-order valence-corrected chi connectivity index (χ0v) is 12.8. The number of nitrogens with one attached hydrogen (secondary N) is 2. The third-order valence-electron chi connectivity index (χ3n) is 3.44. The summed E-state index contributed by atoms with van der Waals surface area (Å²) in [4.78, 5) is 24.3. The number of benzene rings is 1. The zero-order chi connectivity index (χ0) is 15.4. The van der Waals surface area contributed by atoms with E-state index in [4.69, 9.17) is 0 Å². The first kappa shape index (κ1) is 14.7. The predicted octanol–water partition coefficient (Wildman–Crippen LogP) is 2.13. The first-order valence-electron chi connectivity index (χ1n) is 7.11. The van der Waals surface area contributed by atoms with Gasteiger partial charge in [-0.1, -0.05) is 30.3 Å². The molecule has 0 bridgehead atoms. The average Bonchev–Trinajstić information content (AvgIpc) is 2.48. The number of anilines is 1. The van der Waals surface area contributed by atoms with E-state index in [1.54, 1.807) is 34.7 Å². The molecular formula is C16H17N3O2S. The van der Waals surface area contributed by atoms with Gasteiger partial charge < -0.3 is 15.2 Å². The highest BCUT2D eigenvalue weighted by Gasteiger charge is 2.20. The van der Waals surface area contributed by atoms with E-state index in [1.165, 1.54) is 0 Å². The summed E-state index contributed by atoms with van der Waals surface area (Å²) < 4.78 is 1.59. The van der Waals surface area contributed by atoms with Gasteiger partial charge in [-0.25, -0.2) is 4.79 Å². The number of urea groups is 1. The number of rotatable bonds is 4. The Balaban J connectivity index is 1.71. The number of thioether (sulfide) groups is 1. The Labute approximate surface area is 132 Å². The van der Waals surface area contributed by atoms with Gasteiger partial charge in [0.05, 0.1) is 6.54 Å². The molecule has 2 heterocycles. The monoisotopic (exact) mass is 315 g/mol. The molecule has 0 aliphatic carbocycles. The molecule has 2 aromatic rings. The van der Waals surface area contributed by atoms with Crippen molar-refractivity contribution in [2.45, 2.75) is 12.6 Å². The highest BCUT2D eigenvalue weighted by atomic mass is 32.2. The fourth-order valence-corrected chi connectivity index (χ4v) is 2.84. The second-order valence-electron chi connectivity index (χ2n) is 5.17. The fourth-order valence-electron chi connectivity index (χ4n) is 2.20. The van der Waals surface area contributed by atoms with Crippen LogP contribution < -0.4 is 16.2 Å². The minimum Gasteiger partial charge on any atom is -0.333 e. The van der Waals surface area contributed by atoms with Crippen molar-refractivity contribution in [3.63, 3.8) is 0 Å². The van der Waals surface area contributed by atoms with Crippen LogP contribution in [0.25, 0.3) is 0 Å². The lowest BCUT2D eigenvalue weighted by Gasteiger charge is -2.25. The molecule has 0 atom stereocenters. The summed E-state index contributed by atoms with van der Waals surface area (Å²) in [5.74, 6) is 1.86. The summed E-state index contributed by atoms with van der Waals surface area (Å²) >= 11 is 1.79. The molecule has 6 heteroatoms. The van der Waals surface area contributed by atoms with Crippen molar-refractivity contribution < 1.29 is 4.79 Å². The molecule has 114 valence electrons. The van der Waals surface area contributed by atoms with E-state index in [2.05, 4.69) is 10.6 Å². The lowest BCUT2D eigenvalue weighted by Crippen LogP contribution is -2.46. The van der Waals surface area contributed by atoms with Crippen LogP contribution in [0.15, 0.2) is 53.5 Å². The summed E-state index contributed by atoms with van der Waals surface area (Å²) in [7, 11) is 0. The third kappa shape index (κ3) is 3.51. The van der Waals surface area contributed by atoms with Gasteiger partial charge in [-0.3, -0.25) is 4.79 Å². The molecule has 1 aliphatic heterocycles. The fraction of sp³-hybridized carbons (Fsp3) is 0.250. The molecule has 1 aromatic heterocycles. The smallest absolute Gasteiger partial charge is 0.319 e. The minimum atomic E-state index is -0.320. The van der Waals surface area contributed by atoms with Crippen LogP contribution in [0.4, 0.5) is 10.5 Å². The number of carbonyl (C=O) groups excluding carboxylic acids is 1. The number of hydrogen-bond donors (Lipinski definition) is 2. The Bertz CT molecular complexity index is 711. The topological polar surface area (TPSA) is 63.1 Å². The molecule has 3 rings (SSSR count). The summed E-state index contributed by atoms with van der Waals surface area (Å²) in [5.41, 5.74) is 1.13. The standard InChI is InChI=1S/C16H17N3O2S/c20-15-14(18-16(21)17-13-10-22-11-13)7-4-8-19(15)9-12-5-2-1-3-6-12/h1-8,13H,9-11H2,(H2,17,18,21). The van der Waals surface area contributed by atoms with Gasteiger partial charge in [0.15, 0.2) is 0 Å². The average molecular weight is 315 g/mol. The molecule has 0 radical (unpaired) electrons. The molecule has 1 fully saturated rings. The van der Waals surface area contributed by atoms with E-state index in [0.29, 0.717) is 12.2 Å². The largest absolute Gasteiger partial charge is 0.333 e. The second kappa shape index (κ2) is 6.70. The van der Waals surface area contributed by atoms with Crippen LogP contribution in [-0.4, -0.2) is 28.1 Å². The van der Waals surface area contributed by atoms with E-state index in [1.807, 2.05) is 30.3 Å². The van der Waals surface area contributed by atoms with E-state index < -0.39 is 0 Å². The maximum atomic E-state index is 12.4. The van der Waals surface area contributed by atoms with Crippen LogP contribution in [0.5, 0.6) is 0 Å². The number of pyridine rings is 1. The maximum Gasteiger partial charge on any atom is 0.319 e. The molecule has 0 spiro atoms. The highest BCUT2D eigenvalue weighted by molar-refractivity contribution is 8.00. The number of amides is 2. The number of aromatic nitrogens is 1. The molecule has 0 saturated carbocycles. The summed E-state index contributed by atoms with van der Waals surface area (Å²) in [5, 5.41) is 5.49. The molecule has 0 unspecified atom stereocenters. The van der Waals surface area contributed by atoms with Crippen LogP contribution in [0.2, 0.25) is 0 Å². The molecule has 1 saturated heterocycles. The Hall–Kier alpha value is -2.21. The summed E-state index contributed by atoms with van der Waals surface area (Å²) in [6.07, 6.45) is 1.72. The zero-order valence-electron chi connectivity index (χ0n) is 12.0. The SMILES string of the molecule is O=C(Nc1cccn(Cc2ccccc2)c1=O)NC1CSC1. The highest BCUT2D eigenvalue weighted by Crippen LogP contribution is 2.17. The van der Waals surface area contributed by atoms with Crippen LogP contribution in [-0.2, 0) is 6.54 Å². The van der Waals surface area contributed by atoms with E-state index in [-0.39, 0.29) is 17.6 Å². The van der Waals surface area contributed by atoms with Gasteiger partial charge in [-0.05, 0) is 17.7 Å². The normalized spacial score (nSPS) is 14.2. The molecule has 22 heavy (non-hydrogen) atoms. The van der Waals surface area contributed by atoms with Gasteiger partial charge in [0.1, 0.15) is 5.69 Å². The van der Waals surface area contributed by atoms with Crippen LogP contribution in [0, 0.1) is 0 Å². The van der Waals surface area contributed by atoms with Crippen molar-refractivity contribution >= 4 is 23.5 Å². The maximum absolute atomic E-state index is 12.4. The third-order valence-corrected chi connectivity index (χ3v) is 4.71. The van der Waals surface area contributed by atoms with Gasteiger partial charge in [-0.2, -0.15) is 11.8 Å². The van der Waals surface area contributed by atoms with Crippen molar-refractivity contribution in [3.05, 3.63) is 64.6 Å². The molecular weight excluding hydrogens is 298 g/mol. The van der Waals surface area contributed by atoms with Crippen LogP contribution in [0.3, 0.4) is 0 Å². The Morgan fingerprint density at radius 3 is 2.64 bits per heavy atom. The van der Waals surface area contributed by atoms with Crippen molar-refractivity contribution in [3.8, 4) is 0 Å². The van der Waals surface area contributed by atoms with Gasteiger partial charge >= 0.3 is 6.03 Å². The Morgan fingerprint density at radius 2 is 1.95 bits per heavy atom.